The molecular weight excluding hydrogens is 365 g/mol. The van der Waals surface area contributed by atoms with E-state index in [1.807, 2.05) is 12.3 Å². The Balaban J connectivity index is 1.84. The van der Waals surface area contributed by atoms with Crippen molar-refractivity contribution in [1.82, 2.24) is 26.8 Å². The Hall–Kier alpha value is -2.49. The zero-order valence-corrected chi connectivity index (χ0v) is 14.5. The number of hydrogen-bond donors (Lipinski definition) is 4. The van der Waals surface area contributed by atoms with Crippen LogP contribution in [0.5, 0.6) is 0 Å². The van der Waals surface area contributed by atoms with Crippen molar-refractivity contribution in [2.24, 2.45) is 10.1 Å². The Morgan fingerprint density at radius 1 is 1.28 bits per heavy atom. The van der Waals surface area contributed by atoms with Crippen LogP contribution in [0.1, 0.15) is 23.5 Å². The van der Waals surface area contributed by atoms with E-state index >= 15 is 0 Å². The average molecular weight is 378 g/mol. The smallest absolute Gasteiger partial charge is 0.170 e. The molecule has 25 heavy (non-hydrogen) atoms. The van der Waals surface area contributed by atoms with Gasteiger partial charge in [0.25, 0.3) is 0 Å². The molecule has 10 heteroatoms. The van der Waals surface area contributed by atoms with Crippen molar-refractivity contribution in [3.05, 3.63) is 62.5 Å². The molecule has 0 aliphatic carbocycles. The molecule has 128 valence electrons. The van der Waals surface area contributed by atoms with Crippen molar-refractivity contribution in [3.8, 4) is 0 Å². The molecule has 0 saturated carbocycles. The van der Waals surface area contributed by atoms with E-state index in [0.29, 0.717) is 22.3 Å². The van der Waals surface area contributed by atoms with E-state index in [1.54, 1.807) is 12.3 Å². The maximum absolute atomic E-state index is 13.5. The molecule has 0 radical (unpaired) electrons. The Bertz CT molecular complexity index is 907. The van der Waals surface area contributed by atoms with Gasteiger partial charge in [0.05, 0.1) is 0 Å². The molecule has 2 aliphatic rings. The molecule has 4 N–H and O–H groups in total. The molecule has 4 rings (SSSR count). The summed E-state index contributed by atoms with van der Waals surface area (Å²) in [5, 5.41) is 10.4. The summed E-state index contributed by atoms with van der Waals surface area (Å²) in [7, 11) is 0. The Kier molecular flexibility index (Phi) is 4.12. The first kappa shape index (κ1) is 16.0. The van der Waals surface area contributed by atoms with Gasteiger partial charge in [0, 0.05) is 33.4 Å². The van der Waals surface area contributed by atoms with E-state index in [1.165, 1.54) is 23.5 Å². The van der Waals surface area contributed by atoms with E-state index < -0.39 is 11.9 Å². The monoisotopic (exact) mass is 377 g/mol. The van der Waals surface area contributed by atoms with Crippen molar-refractivity contribution in [2.45, 2.75) is 13.0 Å². The quantitative estimate of drug-likeness (QED) is 0.659. The van der Waals surface area contributed by atoms with E-state index in [-0.39, 0.29) is 0 Å². The number of rotatable bonds is 3. The van der Waals surface area contributed by atoms with Crippen molar-refractivity contribution >= 4 is 34.6 Å². The summed E-state index contributed by atoms with van der Waals surface area (Å²) in [5.74, 6) is 0.826. The minimum Gasteiger partial charge on any atom is -0.341 e. The average Bonchev–Trinajstić information content (AvgIpc) is 3.28. The van der Waals surface area contributed by atoms with Crippen molar-refractivity contribution in [1.29, 1.82) is 0 Å². The standard InChI is InChI=1S/C15H13ClFN7S/c1-7-11(13-21-23-24-22-13)12(9-3-2-8(17)6-10(9)16)20-14(19-7)15-18-4-5-25-15/h2-6,12,23-24H,1H3,(H,19,20)(H,21,22). The van der Waals surface area contributed by atoms with Gasteiger partial charge in [-0.1, -0.05) is 17.7 Å². The molecule has 2 aliphatic heterocycles. The van der Waals surface area contributed by atoms with Crippen LogP contribution in [0.15, 0.2) is 51.1 Å². The first-order chi connectivity index (χ1) is 12.1. The van der Waals surface area contributed by atoms with Gasteiger partial charge in [0.2, 0.25) is 0 Å². The number of benzene rings is 1. The molecular formula is C15H13ClFN7S. The van der Waals surface area contributed by atoms with E-state index in [0.717, 1.165) is 16.3 Å². The summed E-state index contributed by atoms with van der Waals surface area (Å²) in [6.07, 6.45) is 1.72. The van der Waals surface area contributed by atoms with Gasteiger partial charge in [-0.25, -0.2) is 14.9 Å². The third kappa shape index (κ3) is 2.97. The number of halogens is 2. The number of thiazole rings is 1. The molecule has 0 fully saturated rings. The third-order valence-electron chi connectivity index (χ3n) is 3.79. The second-order valence-corrected chi connectivity index (χ2v) is 6.67. The number of aromatic nitrogens is 1. The van der Waals surface area contributed by atoms with Crippen LogP contribution in [0, 0.1) is 5.82 Å². The lowest BCUT2D eigenvalue weighted by Crippen LogP contribution is -2.39. The normalized spacial score (nSPS) is 19.7. The van der Waals surface area contributed by atoms with Gasteiger partial charge >= 0.3 is 0 Å². The van der Waals surface area contributed by atoms with Crippen molar-refractivity contribution in [2.75, 3.05) is 0 Å². The van der Waals surface area contributed by atoms with Gasteiger partial charge in [-0.3, -0.25) is 10.4 Å². The lowest BCUT2D eigenvalue weighted by atomic mass is 9.95. The van der Waals surface area contributed by atoms with Gasteiger partial charge in [-0.2, -0.15) is 0 Å². The van der Waals surface area contributed by atoms with E-state index in [2.05, 4.69) is 31.9 Å². The Morgan fingerprint density at radius 3 is 2.84 bits per heavy atom. The molecule has 0 amide bonds. The van der Waals surface area contributed by atoms with Gasteiger partial charge in [0.1, 0.15) is 11.9 Å². The number of aliphatic imine (C=N–C) groups is 1. The molecule has 1 aromatic heterocycles. The largest absolute Gasteiger partial charge is 0.341 e. The highest BCUT2D eigenvalue weighted by Gasteiger charge is 2.31. The van der Waals surface area contributed by atoms with Crippen LogP contribution in [-0.4, -0.2) is 16.7 Å². The zero-order chi connectivity index (χ0) is 17.4. The molecule has 0 saturated heterocycles. The van der Waals surface area contributed by atoms with Crippen LogP contribution in [0.2, 0.25) is 5.02 Å². The van der Waals surface area contributed by atoms with Crippen LogP contribution < -0.4 is 21.8 Å². The second-order valence-electron chi connectivity index (χ2n) is 5.37. The highest BCUT2D eigenvalue weighted by Crippen LogP contribution is 2.36. The SMILES string of the molecule is CC1=C(C2=NNNN2)C(c2ccc(F)cc2Cl)N=C(c2nccs2)N1. The number of hydrazone groups is 1. The zero-order valence-electron chi connectivity index (χ0n) is 13.0. The summed E-state index contributed by atoms with van der Waals surface area (Å²) in [6.45, 7) is 1.92. The van der Waals surface area contributed by atoms with Gasteiger partial charge < -0.3 is 5.32 Å². The summed E-state index contributed by atoms with van der Waals surface area (Å²) < 4.78 is 13.5. The van der Waals surface area contributed by atoms with Crippen LogP contribution in [-0.2, 0) is 0 Å². The number of hydrazine groups is 2. The van der Waals surface area contributed by atoms with Crippen LogP contribution in [0.25, 0.3) is 0 Å². The molecule has 1 atom stereocenters. The predicted molar refractivity (Wildman–Crippen MR) is 95.5 cm³/mol. The number of hydrogen-bond acceptors (Lipinski definition) is 8. The first-order valence-electron chi connectivity index (χ1n) is 7.38. The second kappa shape index (κ2) is 6.43. The Labute approximate surface area is 151 Å². The van der Waals surface area contributed by atoms with Crippen LogP contribution >= 0.6 is 22.9 Å². The molecule has 3 heterocycles. The molecule has 2 aromatic rings. The van der Waals surface area contributed by atoms with Crippen LogP contribution in [0.4, 0.5) is 4.39 Å². The lowest BCUT2D eigenvalue weighted by Gasteiger charge is -2.26. The van der Waals surface area contributed by atoms with Crippen molar-refractivity contribution in [3.63, 3.8) is 0 Å². The fraction of sp³-hybridized carbons (Fsp3) is 0.133. The molecule has 0 spiro atoms. The fourth-order valence-corrected chi connectivity index (χ4v) is 3.57. The fourth-order valence-electron chi connectivity index (χ4n) is 2.71. The number of allylic oxidation sites excluding steroid dienone is 1. The number of nitrogens with zero attached hydrogens (tertiary/aromatic N) is 3. The minimum atomic E-state index is -0.457. The number of nitrogens with one attached hydrogen (secondary N) is 4. The summed E-state index contributed by atoms with van der Waals surface area (Å²) in [5.41, 5.74) is 10.6. The van der Waals surface area contributed by atoms with Gasteiger partial charge in [-0.05, 0) is 19.1 Å². The molecule has 7 nitrogen and oxygen atoms in total. The predicted octanol–water partition coefficient (Wildman–Crippen LogP) is 2.23. The van der Waals surface area contributed by atoms with Gasteiger partial charge in [-0.15, -0.1) is 22.0 Å². The number of amidine groups is 2. The highest BCUT2D eigenvalue weighted by molar-refractivity contribution is 7.11. The highest BCUT2D eigenvalue weighted by atomic mass is 35.5. The first-order valence-corrected chi connectivity index (χ1v) is 8.63. The van der Waals surface area contributed by atoms with Crippen molar-refractivity contribution < 1.29 is 4.39 Å². The summed E-state index contributed by atoms with van der Waals surface area (Å²) in [4.78, 5) is 9.07. The Morgan fingerprint density at radius 2 is 2.16 bits per heavy atom. The topological polar surface area (TPSA) is 85.7 Å². The van der Waals surface area contributed by atoms with E-state index in [4.69, 9.17) is 16.6 Å². The van der Waals surface area contributed by atoms with Crippen LogP contribution in [0.3, 0.4) is 0 Å². The maximum Gasteiger partial charge on any atom is 0.170 e. The van der Waals surface area contributed by atoms with Gasteiger partial charge in [0.15, 0.2) is 16.7 Å². The molecule has 1 unspecified atom stereocenters. The molecule has 1 aromatic carbocycles. The summed E-state index contributed by atoms with van der Waals surface area (Å²) >= 11 is 7.78. The molecule has 0 bridgehead atoms. The lowest BCUT2D eigenvalue weighted by molar-refractivity contribution is 0.576. The third-order valence-corrected chi connectivity index (χ3v) is 4.90. The maximum atomic E-state index is 13.5. The van der Waals surface area contributed by atoms with E-state index in [9.17, 15) is 4.39 Å². The minimum absolute atomic E-state index is 0.305. The summed E-state index contributed by atoms with van der Waals surface area (Å²) in [6, 6.07) is 3.83.